The zero-order valence-electron chi connectivity index (χ0n) is 37.4. The first-order valence-electron chi connectivity index (χ1n) is 23.0. The van der Waals surface area contributed by atoms with Crippen LogP contribution in [0, 0.1) is 5.92 Å². The second kappa shape index (κ2) is 22.5. The maximum Gasteiger partial charge on any atom is 0.408 e. The van der Waals surface area contributed by atoms with Gasteiger partial charge in [0.05, 0.1) is 29.8 Å². The molecule has 67 heavy (non-hydrogen) atoms. The summed E-state index contributed by atoms with van der Waals surface area (Å²) in [6, 6.07) is 39.1. The van der Waals surface area contributed by atoms with Gasteiger partial charge in [-0.05, 0) is 122 Å². The lowest BCUT2D eigenvalue weighted by Crippen LogP contribution is -2.52. The molecule has 9 rings (SSSR count). The molecule has 3 fully saturated rings. The maximum absolute atomic E-state index is 13.5. The zero-order chi connectivity index (χ0) is 46.5. The molecule has 1 aromatic heterocycles. The quantitative estimate of drug-likeness (QED) is 0.0389. The number of pyridine rings is 1. The number of carbonyl (C=O) groups excluding carboxylic acids is 3. The Morgan fingerprint density at radius 3 is 2.28 bits per heavy atom. The number of alkyl carbamates (subject to hydrolysis) is 1. The van der Waals surface area contributed by atoms with E-state index in [9.17, 15) is 29.4 Å². The number of ether oxygens (including phenoxy) is 3. The molecule has 0 saturated carbocycles. The number of amides is 2. The van der Waals surface area contributed by atoms with Crippen molar-refractivity contribution in [1.29, 1.82) is 0 Å². The van der Waals surface area contributed by atoms with Crippen molar-refractivity contribution in [2.24, 2.45) is 5.92 Å². The molecule has 14 heteroatoms. The highest BCUT2D eigenvalue weighted by Gasteiger charge is 2.37. The van der Waals surface area contributed by atoms with Gasteiger partial charge in [0.2, 0.25) is 5.56 Å². The van der Waals surface area contributed by atoms with E-state index in [0.717, 1.165) is 49.2 Å². The van der Waals surface area contributed by atoms with Crippen molar-refractivity contribution in [2.75, 3.05) is 52.4 Å². The number of aromatic amines is 1. The molecule has 2 amide bonds. The van der Waals surface area contributed by atoms with Crippen LogP contribution in [0.2, 0.25) is 0 Å². The van der Waals surface area contributed by atoms with Gasteiger partial charge in [-0.2, -0.15) is 0 Å². The molecule has 6 aromatic rings. The summed E-state index contributed by atoms with van der Waals surface area (Å²) in [4.78, 5) is 58.3. The van der Waals surface area contributed by atoms with Crippen LogP contribution in [0.1, 0.15) is 80.8 Å². The van der Waals surface area contributed by atoms with Crippen LogP contribution in [0.15, 0.2) is 138 Å². The normalized spacial score (nSPS) is 17.3. The number of carbonyl (C=O) groups is 3. The molecule has 4 heterocycles. The van der Waals surface area contributed by atoms with E-state index in [4.69, 9.17) is 14.2 Å². The van der Waals surface area contributed by atoms with E-state index < -0.39 is 24.2 Å². The summed E-state index contributed by atoms with van der Waals surface area (Å²) in [6.45, 7) is 4.81. The minimum absolute atomic E-state index is 0.0753. The molecule has 5 aromatic carbocycles. The number of fused-ring (bicyclic) bond motifs is 4. The summed E-state index contributed by atoms with van der Waals surface area (Å²) in [7, 11) is 0. The number of phenolic OH excluding ortho intramolecular Hbond substituents is 1. The summed E-state index contributed by atoms with van der Waals surface area (Å²) >= 11 is 0. The van der Waals surface area contributed by atoms with Gasteiger partial charge in [-0.1, -0.05) is 78.9 Å². The van der Waals surface area contributed by atoms with Crippen molar-refractivity contribution in [1.82, 2.24) is 25.4 Å². The van der Waals surface area contributed by atoms with Crippen molar-refractivity contribution in [2.45, 2.75) is 50.5 Å². The number of aromatic nitrogens is 1. The van der Waals surface area contributed by atoms with Crippen LogP contribution in [0.5, 0.6) is 11.5 Å². The average molecular weight is 908 g/mol. The van der Waals surface area contributed by atoms with Crippen molar-refractivity contribution in [3.05, 3.63) is 177 Å². The molecule has 348 valence electrons. The Labute approximate surface area is 389 Å². The fourth-order valence-corrected chi connectivity index (χ4v) is 8.90. The zero-order valence-corrected chi connectivity index (χ0v) is 37.4. The molecular formula is C53H57N5O9. The Hall–Kier alpha value is -7.00. The van der Waals surface area contributed by atoms with Gasteiger partial charge in [0.15, 0.2) is 0 Å². The number of esters is 1. The standard InChI is InChI=1S/C53H57N5O9/c59-45-22-20-43(44-21-23-48(61)55-50(44)45)46(60)33-54-26-8-27-58(51(62)39-12-5-2-6-13-39)28-9-31-65-52(63)40-18-16-36(17-19-40)35-66-42-15-7-14-41(32-42)49(38-10-3-1-4-11-38)56-53(64)67-47-34-57-29-24-37(47)25-30-57/h1-7,10-23,32,37,46-47,49,54,59-60H,8-9,24-31,33-35H2,(H,55,61)(H,56,64)/t46-,47-,49?/m0/s1. The lowest BCUT2D eigenvalue weighted by atomic mass is 9.86. The van der Waals surface area contributed by atoms with Gasteiger partial charge in [0.25, 0.3) is 5.91 Å². The highest BCUT2D eigenvalue weighted by Crippen LogP contribution is 2.32. The fraction of sp³-hybridized carbons (Fsp3) is 0.321. The number of nitrogens with one attached hydrogen (secondary N) is 3. The largest absolute Gasteiger partial charge is 0.506 e. The van der Waals surface area contributed by atoms with E-state index in [2.05, 4.69) is 20.5 Å². The molecule has 0 radical (unpaired) electrons. The summed E-state index contributed by atoms with van der Waals surface area (Å²) in [6.07, 6.45) is 1.70. The number of piperidine rings is 3. The Kier molecular flexibility index (Phi) is 15.6. The number of benzene rings is 5. The van der Waals surface area contributed by atoms with E-state index >= 15 is 0 Å². The number of aromatic hydroxyl groups is 1. The molecule has 3 atom stereocenters. The van der Waals surface area contributed by atoms with Crippen LogP contribution < -0.4 is 20.9 Å². The third-order valence-electron chi connectivity index (χ3n) is 12.5. The molecule has 3 saturated heterocycles. The molecule has 0 spiro atoms. The number of aliphatic hydroxyl groups excluding tert-OH is 1. The van der Waals surface area contributed by atoms with Gasteiger partial charge in [0.1, 0.15) is 24.2 Å². The Bertz CT molecular complexity index is 2650. The SMILES string of the molecule is O=C(NC(c1ccccc1)c1cccc(OCc2ccc(C(=O)OCCCN(CCCNC[C@H](O)c3ccc(O)c4[nH]c(=O)ccc34)C(=O)c3ccccc3)cc2)c1)O[C@H]1CN2CCC1CC2. The smallest absolute Gasteiger partial charge is 0.408 e. The number of H-pyrrole nitrogens is 1. The minimum Gasteiger partial charge on any atom is -0.506 e. The number of rotatable bonds is 20. The predicted octanol–water partition coefficient (Wildman–Crippen LogP) is 7.13. The monoisotopic (exact) mass is 907 g/mol. The Morgan fingerprint density at radius 1 is 0.806 bits per heavy atom. The van der Waals surface area contributed by atoms with Crippen LogP contribution in [0.4, 0.5) is 4.79 Å². The average Bonchev–Trinajstić information content (AvgIpc) is 3.36. The molecule has 0 aliphatic carbocycles. The van der Waals surface area contributed by atoms with Crippen LogP contribution in [-0.2, 0) is 16.1 Å². The van der Waals surface area contributed by atoms with Crippen molar-refractivity contribution in [3.63, 3.8) is 0 Å². The van der Waals surface area contributed by atoms with Crippen molar-refractivity contribution < 1.29 is 38.8 Å². The Balaban J connectivity index is 0.796. The van der Waals surface area contributed by atoms with Crippen LogP contribution in [0.3, 0.4) is 0 Å². The van der Waals surface area contributed by atoms with Crippen molar-refractivity contribution in [3.8, 4) is 11.5 Å². The van der Waals surface area contributed by atoms with Gasteiger partial charge >= 0.3 is 12.1 Å². The van der Waals surface area contributed by atoms with Crippen LogP contribution in [0.25, 0.3) is 10.9 Å². The van der Waals surface area contributed by atoms with E-state index in [1.807, 2.05) is 84.9 Å². The Morgan fingerprint density at radius 2 is 1.54 bits per heavy atom. The number of aliphatic hydroxyl groups is 1. The molecule has 5 N–H and O–H groups in total. The van der Waals surface area contributed by atoms with Gasteiger partial charge in [-0.25, -0.2) is 9.59 Å². The number of nitrogens with zero attached hydrogens (tertiary/aromatic N) is 2. The van der Waals surface area contributed by atoms with E-state index in [1.165, 1.54) is 12.1 Å². The first-order valence-corrected chi connectivity index (χ1v) is 23.0. The van der Waals surface area contributed by atoms with Gasteiger partial charge in [0, 0.05) is 43.2 Å². The van der Waals surface area contributed by atoms with E-state index in [0.29, 0.717) is 66.2 Å². The van der Waals surface area contributed by atoms with E-state index in [1.54, 1.807) is 41.3 Å². The minimum atomic E-state index is -0.903. The highest BCUT2D eigenvalue weighted by atomic mass is 16.6. The number of hydrogen-bond donors (Lipinski definition) is 5. The van der Waals surface area contributed by atoms with Gasteiger partial charge in [-0.3, -0.25) is 14.5 Å². The topological polar surface area (TPSA) is 183 Å². The lowest BCUT2D eigenvalue weighted by Gasteiger charge is -2.43. The second-order valence-electron chi connectivity index (χ2n) is 17.1. The maximum atomic E-state index is 13.5. The molecule has 1 unspecified atom stereocenters. The third kappa shape index (κ3) is 12.3. The van der Waals surface area contributed by atoms with Crippen LogP contribution in [-0.4, -0.2) is 101 Å². The van der Waals surface area contributed by atoms with Gasteiger partial charge < -0.3 is 44.9 Å². The predicted molar refractivity (Wildman–Crippen MR) is 254 cm³/mol. The van der Waals surface area contributed by atoms with Gasteiger partial charge in [-0.15, -0.1) is 0 Å². The summed E-state index contributed by atoms with van der Waals surface area (Å²) in [5, 5.41) is 28.0. The number of phenols is 1. The second-order valence-corrected chi connectivity index (χ2v) is 17.1. The number of hydrogen-bond acceptors (Lipinski definition) is 11. The third-order valence-corrected chi connectivity index (χ3v) is 12.5. The van der Waals surface area contributed by atoms with Crippen molar-refractivity contribution >= 4 is 28.9 Å². The fourth-order valence-electron chi connectivity index (χ4n) is 8.90. The lowest BCUT2D eigenvalue weighted by molar-refractivity contribution is -0.0336. The molecule has 3 aliphatic rings. The summed E-state index contributed by atoms with van der Waals surface area (Å²) < 4.78 is 17.8. The van der Waals surface area contributed by atoms with Crippen LogP contribution >= 0.6 is 0 Å². The first kappa shape index (κ1) is 46.5. The molecule has 14 nitrogen and oxygen atoms in total. The molecular weight excluding hydrogens is 851 g/mol. The van der Waals surface area contributed by atoms with E-state index in [-0.39, 0.29) is 48.6 Å². The summed E-state index contributed by atoms with van der Waals surface area (Å²) in [5.41, 5.74) is 4.07. The molecule has 2 bridgehead atoms. The summed E-state index contributed by atoms with van der Waals surface area (Å²) in [5.74, 6) is 0.358. The highest BCUT2D eigenvalue weighted by molar-refractivity contribution is 5.94. The first-order chi connectivity index (χ1) is 32.7. The molecule has 3 aliphatic heterocycles.